The van der Waals surface area contributed by atoms with Gasteiger partial charge >= 0.3 is 0 Å². The maximum Gasteiger partial charge on any atom is 0.219 e. The Bertz CT molecular complexity index is 1490. The highest BCUT2D eigenvalue weighted by atomic mass is 19.1. The second-order valence-electron chi connectivity index (χ2n) is 9.05. The van der Waals surface area contributed by atoms with Crippen molar-refractivity contribution in [3.05, 3.63) is 102 Å². The fourth-order valence-electron chi connectivity index (χ4n) is 4.59. The van der Waals surface area contributed by atoms with Crippen molar-refractivity contribution in [3.8, 4) is 34.4 Å². The molecule has 0 aliphatic carbocycles. The predicted molar refractivity (Wildman–Crippen MR) is 145 cm³/mol. The van der Waals surface area contributed by atoms with Gasteiger partial charge in [0.25, 0.3) is 0 Å². The molecular formula is C30H29FN4O3. The summed E-state index contributed by atoms with van der Waals surface area (Å²) in [6.07, 6.45) is 5.79. The van der Waals surface area contributed by atoms with Gasteiger partial charge in [-0.2, -0.15) is 0 Å². The Balaban J connectivity index is 1.42. The first kappa shape index (κ1) is 25.2. The van der Waals surface area contributed by atoms with Gasteiger partial charge in [0.15, 0.2) is 11.6 Å². The lowest BCUT2D eigenvalue weighted by Crippen LogP contribution is -2.24. The molecule has 2 aromatic heterocycles. The average Bonchev–Trinajstić information content (AvgIpc) is 3.38. The zero-order valence-corrected chi connectivity index (χ0v) is 21.5. The van der Waals surface area contributed by atoms with E-state index in [4.69, 9.17) is 19.9 Å². The Kier molecular flexibility index (Phi) is 7.24. The van der Waals surface area contributed by atoms with Crippen LogP contribution < -0.4 is 19.9 Å². The number of anilines is 1. The molecule has 0 saturated heterocycles. The zero-order chi connectivity index (χ0) is 26.6. The van der Waals surface area contributed by atoms with E-state index in [2.05, 4.69) is 27.0 Å². The normalized spacial score (nSPS) is 15.0. The van der Waals surface area contributed by atoms with Crippen molar-refractivity contribution in [2.24, 2.45) is 0 Å². The van der Waals surface area contributed by atoms with Gasteiger partial charge in [-0.15, -0.1) is 0 Å². The number of halogens is 1. The van der Waals surface area contributed by atoms with Crippen LogP contribution in [-0.4, -0.2) is 35.6 Å². The van der Waals surface area contributed by atoms with Crippen molar-refractivity contribution in [1.29, 1.82) is 0 Å². The van der Waals surface area contributed by atoms with Gasteiger partial charge in [0, 0.05) is 36.5 Å². The van der Waals surface area contributed by atoms with E-state index in [1.54, 1.807) is 38.6 Å². The summed E-state index contributed by atoms with van der Waals surface area (Å²) in [7, 11) is 3.22. The number of rotatable bonds is 8. The molecular weight excluding hydrogens is 483 g/mol. The summed E-state index contributed by atoms with van der Waals surface area (Å²) in [5.41, 5.74) is 10.7. The van der Waals surface area contributed by atoms with Gasteiger partial charge in [0.05, 0.1) is 32.1 Å². The maximum absolute atomic E-state index is 15.1. The van der Waals surface area contributed by atoms with E-state index in [-0.39, 0.29) is 11.8 Å². The van der Waals surface area contributed by atoms with Gasteiger partial charge in [-0.25, -0.2) is 9.37 Å². The van der Waals surface area contributed by atoms with Crippen molar-refractivity contribution >= 4 is 5.69 Å². The molecule has 2 N–H and O–H groups in total. The molecule has 0 saturated carbocycles. The number of methoxy groups -OCH3 is 2. The summed E-state index contributed by atoms with van der Waals surface area (Å²) < 4.78 is 31.8. The van der Waals surface area contributed by atoms with Gasteiger partial charge in [0.1, 0.15) is 17.2 Å². The van der Waals surface area contributed by atoms with E-state index in [9.17, 15) is 0 Å². The average molecular weight is 513 g/mol. The SMILES string of the molecule is COc1ccc(CN2CC=CC2c2ccc(Oc3cccc(C)n3)c(F)c2)c(-c2ncc(N)cc2OC)c1. The molecule has 5 rings (SSSR count). The Hall–Kier alpha value is -4.43. The van der Waals surface area contributed by atoms with E-state index in [0.29, 0.717) is 35.3 Å². The third kappa shape index (κ3) is 5.31. The second kappa shape index (κ2) is 10.9. The van der Waals surface area contributed by atoms with Crippen molar-refractivity contribution < 1.29 is 18.6 Å². The molecule has 194 valence electrons. The summed E-state index contributed by atoms with van der Waals surface area (Å²) >= 11 is 0. The molecule has 0 fully saturated rings. The standard InChI is InChI=1S/C30H29FN4O3/c1-19-6-4-8-29(34-19)38-27-12-10-20(14-25(27)31)26-7-5-13-35(26)18-21-9-11-23(36-2)16-24(21)30-28(37-3)15-22(32)17-33-30/h4-12,14-17,26H,13,18,32H2,1-3H3. The van der Waals surface area contributed by atoms with E-state index in [1.165, 1.54) is 6.07 Å². The smallest absolute Gasteiger partial charge is 0.219 e. The van der Waals surface area contributed by atoms with Gasteiger partial charge in [-0.1, -0.05) is 30.4 Å². The summed E-state index contributed by atoms with van der Waals surface area (Å²) in [5, 5.41) is 0. The van der Waals surface area contributed by atoms with E-state index < -0.39 is 5.82 Å². The Labute approximate surface area is 221 Å². The number of nitrogens with zero attached hydrogens (tertiary/aromatic N) is 3. The number of pyridine rings is 2. The molecule has 0 radical (unpaired) electrons. The lowest BCUT2D eigenvalue weighted by atomic mass is 10.0. The number of benzene rings is 2. The van der Waals surface area contributed by atoms with Crippen LogP contribution in [0.1, 0.15) is 22.9 Å². The minimum absolute atomic E-state index is 0.105. The van der Waals surface area contributed by atoms with Crippen molar-refractivity contribution in [2.45, 2.75) is 19.5 Å². The fraction of sp³-hybridized carbons (Fsp3) is 0.200. The topological polar surface area (TPSA) is 82.7 Å². The summed E-state index contributed by atoms with van der Waals surface area (Å²) in [6.45, 7) is 3.18. The third-order valence-electron chi connectivity index (χ3n) is 6.47. The van der Waals surface area contributed by atoms with E-state index in [1.807, 2.05) is 43.3 Å². The number of aromatic nitrogens is 2. The Morgan fingerprint density at radius 1 is 1.03 bits per heavy atom. The monoisotopic (exact) mass is 512 g/mol. The Morgan fingerprint density at radius 2 is 1.89 bits per heavy atom. The minimum Gasteiger partial charge on any atom is -0.497 e. The number of nitrogens with two attached hydrogens (primary N) is 1. The first-order valence-corrected chi connectivity index (χ1v) is 12.2. The fourth-order valence-corrected chi connectivity index (χ4v) is 4.59. The molecule has 0 bridgehead atoms. The molecule has 7 nitrogen and oxygen atoms in total. The number of hydrogen-bond donors (Lipinski definition) is 1. The van der Waals surface area contributed by atoms with Crippen LogP contribution in [-0.2, 0) is 6.54 Å². The molecule has 1 aliphatic heterocycles. The molecule has 4 aromatic rings. The quantitative estimate of drug-likeness (QED) is 0.286. The molecule has 1 aliphatic rings. The Morgan fingerprint density at radius 3 is 2.66 bits per heavy atom. The third-order valence-corrected chi connectivity index (χ3v) is 6.47. The number of hydrogen-bond acceptors (Lipinski definition) is 7. The number of aryl methyl sites for hydroxylation is 1. The zero-order valence-electron chi connectivity index (χ0n) is 21.5. The molecule has 1 unspecified atom stereocenters. The van der Waals surface area contributed by atoms with E-state index >= 15 is 4.39 Å². The van der Waals surface area contributed by atoms with Crippen LogP contribution in [0.3, 0.4) is 0 Å². The van der Waals surface area contributed by atoms with Gasteiger partial charge < -0.3 is 19.9 Å². The minimum atomic E-state index is -0.438. The highest BCUT2D eigenvalue weighted by Crippen LogP contribution is 2.37. The predicted octanol–water partition coefficient (Wildman–Crippen LogP) is 6.10. The maximum atomic E-state index is 15.1. The van der Waals surface area contributed by atoms with Crippen LogP contribution in [0.15, 0.2) is 79.0 Å². The van der Waals surface area contributed by atoms with Crippen LogP contribution in [0, 0.1) is 12.7 Å². The molecule has 8 heteroatoms. The van der Waals surface area contributed by atoms with Crippen molar-refractivity contribution in [1.82, 2.24) is 14.9 Å². The van der Waals surface area contributed by atoms with Crippen LogP contribution in [0.25, 0.3) is 11.3 Å². The van der Waals surface area contributed by atoms with Crippen molar-refractivity contribution in [2.75, 3.05) is 26.5 Å². The lowest BCUT2D eigenvalue weighted by Gasteiger charge is -2.26. The first-order valence-electron chi connectivity index (χ1n) is 12.2. The largest absolute Gasteiger partial charge is 0.497 e. The van der Waals surface area contributed by atoms with E-state index in [0.717, 1.165) is 28.9 Å². The lowest BCUT2D eigenvalue weighted by molar-refractivity contribution is 0.266. The van der Waals surface area contributed by atoms with Gasteiger partial charge in [-0.05, 0) is 48.4 Å². The molecule has 38 heavy (non-hydrogen) atoms. The molecule has 1 atom stereocenters. The van der Waals surface area contributed by atoms with Crippen LogP contribution in [0.5, 0.6) is 23.1 Å². The summed E-state index contributed by atoms with van der Waals surface area (Å²) in [5.74, 6) is 1.35. The molecule has 0 spiro atoms. The highest BCUT2D eigenvalue weighted by Gasteiger charge is 2.25. The molecule has 2 aromatic carbocycles. The number of ether oxygens (including phenoxy) is 3. The second-order valence-corrected chi connectivity index (χ2v) is 9.05. The van der Waals surface area contributed by atoms with Crippen LogP contribution in [0.2, 0.25) is 0 Å². The molecule has 3 heterocycles. The summed E-state index contributed by atoms with van der Waals surface area (Å²) in [4.78, 5) is 11.1. The summed E-state index contributed by atoms with van der Waals surface area (Å²) in [6, 6.07) is 18.0. The highest BCUT2D eigenvalue weighted by molar-refractivity contribution is 5.72. The van der Waals surface area contributed by atoms with Gasteiger partial charge in [0.2, 0.25) is 5.88 Å². The van der Waals surface area contributed by atoms with Crippen LogP contribution in [0.4, 0.5) is 10.1 Å². The van der Waals surface area contributed by atoms with Crippen LogP contribution >= 0.6 is 0 Å². The van der Waals surface area contributed by atoms with Gasteiger partial charge in [-0.3, -0.25) is 9.88 Å². The van der Waals surface area contributed by atoms with Crippen molar-refractivity contribution in [3.63, 3.8) is 0 Å². The molecule has 0 amide bonds. The number of nitrogen functional groups attached to an aromatic ring is 1. The first-order chi connectivity index (χ1) is 18.4.